The largest absolute Gasteiger partial charge is 0.348 e. The summed E-state index contributed by atoms with van der Waals surface area (Å²) in [6, 6.07) is 7.36. The van der Waals surface area contributed by atoms with E-state index in [9.17, 15) is 4.79 Å². The number of nitrogens with one attached hydrogen (secondary N) is 2. The lowest BCUT2D eigenvalue weighted by Crippen LogP contribution is -2.32. The normalized spacial score (nSPS) is 14.0. The number of fused-ring (bicyclic) bond motifs is 1. The Kier molecular flexibility index (Phi) is 3.43. The summed E-state index contributed by atoms with van der Waals surface area (Å²) in [5, 5.41) is 9.63. The van der Waals surface area contributed by atoms with Gasteiger partial charge in [-0.3, -0.25) is 9.89 Å². The smallest absolute Gasteiger partial charge is 0.243 e. The lowest BCUT2D eigenvalue weighted by molar-refractivity contribution is -0.124. The van der Waals surface area contributed by atoms with E-state index < -0.39 is 0 Å². The van der Waals surface area contributed by atoms with Gasteiger partial charge in [-0.2, -0.15) is 5.10 Å². The fourth-order valence-corrected chi connectivity index (χ4v) is 2.33. The van der Waals surface area contributed by atoms with Crippen molar-refractivity contribution in [1.29, 1.82) is 0 Å². The third-order valence-corrected chi connectivity index (χ3v) is 3.66. The highest BCUT2D eigenvalue weighted by atomic mass is 16.2. The molecule has 0 aliphatic rings. The molecule has 2 N–H and O–H groups in total. The van der Waals surface area contributed by atoms with Crippen LogP contribution in [0.15, 0.2) is 43.0 Å². The molecule has 2 unspecified atom stereocenters. The maximum Gasteiger partial charge on any atom is 0.243 e. The number of para-hydroxylation sites is 2. The first-order valence-corrected chi connectivity index (χ1v) is 6.87. The van der Waals surface area contributed by atoms with Gasteiger partial charge in [0.2, 0.25) is 5.91 Å². The molecule has 3 rings (SSSR count). The van der Waals surface area contributed by atoms with E-state index in [1.54, 1.807) is 18.7 Å². The quantitative estimate of drug-likeness (QED) is 0.770. The number of H-pyrrole nitrogens is 1. The van der Waals surface area contributed by atoms with Gasteiger partial charge in [0.15, 0.2) is 0 Å². The van der Waals surface area contributed by atoms with Gasteiger partial charge in [0, 0.05) is 11.8 Å². The Morgan fingerprint density at radius 2 is 2.14 bits per heavy atom. The molecule has 2 heterocycles. The number of rotatable bonds is 4. The summed E-state index contributed by atoms with van der Waals surface area (Å²) in [7, 11) is 0. The van der Waals surface area contributed by atoms with E-state index in [0.29, 0.717) is 0 Å². The molecule has 108 valence electrons. The van der Waals surface area contributed by atoms with Crippen LogP contribution in [0.1, 0.15) is 31.5 Å². The molecular formula is C15H17N5O. The van der Waals surface area contributed by atoms with E-state index in [1.807, 2.05) is 42.7 Å². The molecule has 0 bridgehead atoms. The summed E-state index contributed by atoms with van der Waals surface area (Å²) in [6.07, 6.45) is 5.20. The molecule has 1 aromatic carbocycles. The van der Waals surface area contributed by atoms with Crippen LogP contribution >= 0.6 is 0 Å². The van der Waals surface area contributed by atoms with Crippen molar-refractivity contribution in [2.24, 2.45) is 0 Å². The topological polar surface area (TPSA) is 75.6 Å². The van der Waals surface area contributed by atoms with Crippen LogP contribution in [0.25, 0.3) is 11.0 Å². The molecule has 3 aromatic rings. The van der Waals surface area contributed by atoms with Crippen molar-refractivity contribution in [1.82, 2.24) is 25.1 Å². The average molecular weight is 283 g/mol. The Labute approximate surface area is 122 Å². The Bertz CT molecular complexity index is 746. The summed E-state index contributed by atoms with van der Waals surface area (Å²) in [4.78, 5) is 16.7. The van der Waals surface area contributed by atoms with E-state index in [2.05, 4.69) is 20.5 Å². The molecule has 2 aromatic heterocycles. The van der Waals surface area contributed by atoms with Crippen LogP contribution in [0.2, 0.25) is 0 Å². The van der Waals surface area contributed by atoms with Crippen LogP contribution in [0, 0.1) is 0 Å². The van der Waals surface area contributed by atoms with Crippen molar-refractivity contribution >= 4 is 16.9 Å². The second-order valence-electron chi connectivity index (χ2n) is 5.08. The molecule has 0 saturated heterocycles. The van der Waals surface area contributed by atoms with Crippen LogP contribution < -0.4 is 5.32 Å². The van der Waals surface area contributed by atoms with Crippen LogP contribution in [0.4, 0.5) is 0 Å². The summed E-state index contributed by atoms with van der Waals surface area (Å²) in [6.45, 7) is 3.80. The minimum absolute atomic E-state index is 0.0492. The second-order valence-corrected chi connectivity index (χ2v) is 5.08. The van der Waals surface area contributed by atoms with E-state index in [1.165, 1.54) is 0 Å². The SMILES string of the molecule is CC(NC(=O)C(C)n1cnc2ccccc21)c1cn[nH]c1. The zero-order chi connectivity index (χ0) is 14.8. The maximum atomic E-state index is 12.4. The lowest BCUT2D eigenvalue weighted by Gasteiger charge is -2.18. The second kappa shape index (κ2) is 5.40. The predicted molar refractivity (Wildman–Crippen MR) is 79.6 cm³/mol. The molecule has 0 saturated carbocycles. The number of carbonyl (C=O) groups excluding carboxylic acids is 1. The Morgan fingerprint density at radius 3 is 2.90 bits per heavy atom. The number of nitrogens with zero attached hydrogens (tertiary/aromatic N) is 3. The molecular weight excluding hydrogens is 266 g/mol. The zero-order valence-corrected chi connectivity index (χ0v) is 11.9. The van der Waals surface area contributed by atoms with Gasteiger partial charge < -0.3 is 9.88 Å². The van der Waals surface area contributed by atoms with E-state index in [4.69, 9.17) is 0 Å². The minimum Gasteiger partial charge on any atom is -0.348 e. The number of carbonyl (C=O) groups is 1. The molecule has 0 aliphatic carbocycles. The van der Waals surface area contributed by atoms with Gasteiger partial charge in [-0.1, -0.05) is 12.1 Å². The highest BCUT2D eigenvalue weighted by molar-refractivity contribution is 5.83. The molecule has 0 spiro atoms. The number of benzene rings is 1. The first-order chi connectivity index (χ1) is 10.2. The van der Waals surface area contributed by atoms with Crippen molar-refractivity contribution in [3.8, 4) is 0 Å². The fourth-order valence-electron chi connectivity index (χ4n) is 2.33. The number of aromatic amines is 1. The highest BCUT2D eigenvalue weighted by Gasteiger charge is 2.19. The molecule has 1 amide bonds. The molecule has 21 heavy (non-hydrogen) atoms. The first-order valence-electron chi connectivity index (χ1n) is 6.87. The van der Waals surface area contributed by atoms with Crippen LogP contribution in [-0.4, -0.2) is 25.7 Å². The van der Waals surface area contributed by atoms with Crippen molar-refractivity contribution in [2.45, 2.75) is 25.9 Å². The average Bonchev–Trinajstić information content (AvgIpc) is 3.15. The van der Waals surface area contributed by atoms with Gasteiger partial charge in [0.05, 0.1) is 29.6 Å². The molecule has 6 nitrogen and oxygen atoms in total. The van der Waals surface area contributed by atoms with E-state index in [-0.39, 0.29) is 18.0 Å². The number of hydrogen-bond donors (Lipinski definition) is 2. The number of amides is 1. The summed E-state index contributed by atoms with van der Waals surface area (Å²) < 4.78 is 1.88. The third kappa shape index (κ3) is 2.52. The number of aromatic nitrogens is 4. The maximum absolute atomic E-state index is 12.4. The fraction of sp³-hybridized carbons (Fsp3) is 0.267. The molecule has 0 fully saturated rings. The third-order valence-electron chi connectivity index (χ3n) is 3.66. The van der Waals surface area contributed by atoms with Crippen LogP contribution in [0.5, 0.6) is 0 Å². The van der Waals surface area contributed by atoms with E-state index in [0.717, 1.165) is 16.6 Å². The minimum atomic E-state index is -0.327. The van der Waals surface area contributed by atoms with Gasteiger partial charge >= 0.3 is 0 Å². The summed E-state index contributed by atoms with van der Waals surface area (Å²) >= 11 is 0. The predicted octanol–water partition coefficient (Wildman–Crippen LogP) is 2.20. The van der Waals surface area contributed by atoms with Gasteiger partial charge in [0.25, 0.3) is 0 Å². The molecule has 2 atom stereocenters. The Morgan fingerprint density at radius 1 is 1.33 bits per heavy atom. The number of hydrogen-bond acceptors (Lipinski definition) is 3. The van der Waals surface area contributed by atoms with Crippen molar-refractivity contribution < 1.29 is 4.79 Å². The molecule has 0 radical (unpaired) electrons. The summed E-state index contributed by atoms with van der Waals surface area (Å²) in [5.74, 6) is -0.0492. The Balaban J connectivity index is 1.78. The molecule has 0 aliphatic heterocycles. The highest BCUT2D eigenvalue weighted by Crippen LogP contribution is 2.18. The summed E-state index contributed by atoms with van der Waals surface area (Å²) in [5.41, 5.74) is 2.79. The standard InChI is InChI=1S/C15H17N5O/c1-10(12-7-17-18-8-12)19-15(21)11(2)20-9-16-13-5-3-4-6-14(13)20/h3-11H,1-2H3,(H,17,18)(H,19,21). The van der Waals surface area contributed by atoms with Crippen molar-refractivity contribution in [3.05, 3.63) is 48.5 Å². The lowest BCUT2D eigenvalue weighted by atomic mass is 10.2. The monoisotopic (exact) mass is 283 g/mol. The molecule has 6 heteroatoms. The van der Waals surface area contributed by atoms with Crippen molar-refractivity contribution in [3.63, 3.8) is 0 Å². The van der Waals surface area contributed by atoms with Crippen LogP contribution in [-0.2, 0) is 4.79 Å². The Hall–Kier alpha value is -2.63. The first kappa shape index (κ1) is 13.4. The zero-order valence-electron chi connectivity index (χ0n) is 11.9. The van der Waals surface area contributed by atoms with E-state index >= 15 is 0 Å². The van der Waals surface area contributed by atoms with Gasteiger partial charge in [-0.05, 0) is 26.0 Å². The van der Waals surface area contributed by atoms with Gasteiger partial charge in [0.1, 0.15) is 6.04 Å². The van der Waals surface area contributed by atoms with Gasteiger partial charge in [-0.25, -0.2) is 4.98 Å². The van der Waals surface area contributed by atoms with Gasteiger partial charge in [-0.15, -0.1) is 0 Å². The van der Waals surface area contributed by atoms with Crippen molar-refractivity contribution in [2.75, 3.05) is 0 Å². The number of imidazole rings is 1. The van der Waals surface area contributed by atoms with Crippen LogP contribution in [0.3, 0.4) is 0 Å².